The molecular weight excluding hydrogens is 487 g/mol. The minimum atomic E-state index is -1.14. The number of urea groups is 1. The average molecular weight is 527 g/mol. The number of benzene rings is 1. The number of halogens is 2. The lowest BCUT2D eigenvalue weighted by molar-refractivity contribution is -0.0104. The maximum absolute atomic E-state index is 15.0. The highest BCUT2D eigenvalue weighted by molar-refractivity contribution is 6.30. The van der Waals surface area contributed by atoms with Gasteiger partial charge in [-0.15, -0.1) is 0 Å². The molecule has 1 aromatic rings. The Balaban J connectivity index is 1.66. The molecule has 202 valence electrons. The van der Waals surface area contributed by atoms with E-state index >= 15 is 0 Å². The van der Waals surface area contributed by atoms with Crippen LogP contribution in [0.25, 0.3) is 0 Å². The highest BCUT2D eigenvalue weighted by atomic mass is 35.5. The molecule has 4 N–H and O–H groups in total. The van der Waals surface area contributed by atoms with Crippen LogP contribution in [-0.2, 0) is 4.74 Å². The number of hydrogen-bond donors (Lipinski definition) is 4. The number of ether oxygens (including phenoxy) is 1. The summed E-state index contributed by atoms with van der Waals surface area (Å²) >= 11 is 6.04. The van der Waals surface area contributed by atoms with Crippen LogP contribution in [-0.4, -0.2) is 68.0 Å². The number of piperidine rings is 1. The Bertz CT molecular complexity index is 855. The molecule has 1 aliphatic carbocycles. The first-order chi connectivity index (χ1) is 17.4. The van der Waals surface area contributed by atoms with Crippen molar-refractivity contribution in [3.63, 3.8) is 0 Å². The molecule has 3 rings (SSSR count). The number of nitrogens with one attached hydrogen (secondary N) is 3. The summed E-state index contributed by atoms with van der Waals surface area (Å²) in [4.78, 5) is 25.9. The number of hydrogen-bond acceptors (Lipinski definition) is 4. The number of rotatable bonds is 11. The van der Waals surface area contributed by atoms with E-state index in [9.17, 15) is 14.0 Å². The zero-order chi connectivity index (χ0) is 25.9. The lowest BCUT2D eigenvalue weighted by Crippen LogP contribution is -2.52. The molecule has 0 aromatic heterocycles. The van der Waals surface area contributed by atoms with Gasteiger partial charge in [-0.2, -0.15) is 0 Å². The highest BCUT2D eigenvalue weighted by Gasteiger charge is 2.33. The summed E-state index contributed by atoms with van der Waals surface area (Å²) in [6, 6.07) is 4.76. The van der Waals surface area contributed by atoms with Crippen LogP contribution in [0.2, 0.25) is 5.02 Å². The monoisotopic (exact) mass is 526 g/mol. The van der Waals surface area contributed by atoms with Gasteiger partial charge in [-0.05, 0) is 38.3 Å². The quantitative estimate of drug-likeness (QED) is 0.311. The standard InChI is InChI=1S/C26H40ClFN4O4/c1-29-16-20(15-18-7-3-2-4-8-18)31-25(33)32-13-6-9-19(17-32)24(36-14-12-30-26(34)35)21-10-5-11-22(27)23(21)28/h5,10-11,18-20,24,29-30H,2-4,6-9,12-17H2,1H3,(H,31,33)(H,34,35)/t19-,20?,24-/m1/s1. The molecule has 8 nitrogen and oxygen atoms in total. The van der Waals surface area contributed by atoms with Crippen molar-refractivity contribution in [3.8, 4) is 0 Å². The predicted octanol–water partition coefficient (Wildman–Crippen LogP) is 4.78. The van der Waals surface area contributed by atoms with Gasteiger partial charge < -0.3 is 30.7 Å². The van der Waals surface area contributed by atoms with Crippen LogP contribution in [0.5, 0.6) is 0 Å². The van der Waals surface area contributed by atoms with Crippen molar-refractivity contribution in [3.05, 3.63) is 34.6 Å². The Morgan fingerprint density at radius 1 is 1.22 bits per heavy atom. The first kappa shape index (κ1) is 28.5. The summed E-state index contributed by atoms with van der Waals surface area (Å²) in [6.45, 7) is 1.93. The van der Waals surface area contributed by atoms with Gasteiger partial charge in [0.25, 0.3) is 0 Å². The van der Waals surface area contributed by atoms with E-state index < -0.39 is 18.0 Å². The van der Waals surface area contributed by atoms with Crippen molar-refractivity contribution in [2.45, 2.75) is 63.5 Å². The van der Waals surface area contributed by atoms with E-state index in [-0.39, 0.29) is 36.2 Å². The molecular formula is C26H40ClFN4O4. The van der Waals surface area contributed by atoms with Gasteiger partial charge in [0.2, 0.25) is 0 Å². The maximum Gasteiger partial charge on any atom is 0.404 e. The number of amides is 3. The zero-order valence-electron chi connectivity index (χ0n) is 21.1. The third kappa shape index (κ3) is 8.49. The van der Waals surface area contributed by atoms with E-state index in [1.54, 1.807) is 17.0 Å². The van der Waals surface area contributed by atoms with Gasteiger partial charge in [-0.1, -0.05) is 55.8 Å². The lowest BCUT2D eigenvalue weighted by Gasteiger charge is -2.38. The first-order valence-corrected chi connectivity index (χ1v) is 13.5. The van der Waals surface area contributed by atoms with E-state index in [1.165, 1.54) is 38.2 Å². The summed E-state index contributed by atoms with van der Waals surface area (Å²) < 4.78 is 21.0. The molecule has 3 amide bonds. The molecule has 3 atom stereocenters. The summed E-state index contributed by atoms with van der Waals surface area (Å²) in [5, 5.41) is 17.5. The molecule has 1 heterocycles. The van der Waals surface area contributed by atoms with Gasteiger partial charge in [0, 0.05) is 43.7 Å². The molecule has 1 aromatic carbocycles. The van der Waals surface area contributed by atoms with Crippen molar-refractivity contribution in [2.24, 2.45) is 11.8 Å². The molecule has 10 heteroatoms. The Morgan fingerprint density at radius 3 is 2.72 bits per heavy atom. The number of likely N-dealkylation sites (N-methyl/N-ethyl adjacent to an activating group) is 1. The topological polar surface area (TPSA) is 103 Å². The second-order valence-electron chi connectivity index (χ2n) is 9.96. The van der Waals surface area contributed by atoms with Gasteiger partial charge in [0.15, 0.2) is 0 Å². The smallest absolute Gasteiger partial charge is 0.404 e. The second kappa shape index (κ2) is 14.6. The van der Waals surface area contributed by atoms with Crippen LogP contribution in [0.1, 0.15) is 63.0 Å². The Kier molecular flexibility index (Phi) is 11.5. The van der Waals surface area contributed by atoms with Gasteiger partial charge in [0.1, 0.15) is 5.82 Å². The SMILES string of the molecule is CNCC(CC1CCCCC1)NC(=O)N1CCC[C@@H]([C@@H](OCCNC(=O)O)c2cccc(Cl)c2F)C1. The Labute approximate surface area is 218 Å². The Hall–Kier alpha value is -2.10. The summed E-state index contributed by atoms with van der Waals surface area (Å²) in [6.07, 6.45) is 6.99. The lowest BCUT2D eigenvalue weighted by atomic mass is 9.85. The normalized spacial score (nSPS) is 20.5. The fraction of sp³-hybridized carbons (Fsp3) is 0.692. The van der Waals surface area contributed by atoms with Crippen molar-refractivity contribution in [1.82, 2.24) is 20.9 Å². The van der Waals surface area contributed by atoms with Crippen LogP contribution in [0.4, 0.5) is 14.0 Å². The van der Waals surface area contributed by atoms with E-state index in [4.69, 9.17) is 21.4 Å². The van der Waals surface area contributed by atoms with Crippen LogP contribution >= 0.6 is 11.6 Å². The molecule has 0 bridgehead atoms. The molecule has 1 aliphatic heterocycles. The van der Waals surface area contributed by atoms with Gasteiger partial charge in [0.05, 0.1) is 17.7 Å². The molecule has 36 heavy (non-hydrogen) atoms. The molecule has 2 aliphatic rings. The number of carbonyl (C=O) groups is 2. The third-order valence-corrected chi connectivity index (χ3v) is 7.55. The van der Waals surface area contributed by atoms with Crippen LogP contribution in [0.15, 0.2) is 18.2 Å². The van der Waals surface area contributed by atoms with E-state index in [2.05, 4.69) is 16.0 Å². The minimum Gasteiger partial charge on any atom is -0.465 e. The predicted molar refractivity (Wildman–Crippen MR) is 138 cm³/mol. The van der Waals surface area contributed by atoms with Crippen molar-refractivity contribution in [2.75, 3.05) is 39.8 Å². The largest absolute Gasteiger partial charge is 0.465 e. The Morgan fingerprint density at radius 2 is 2.00 bits per heavy atom. The fourth-order valence-electron chi connectivity index (χ4n) is 5.54. The fourth-order valence-corrected chi connectivity index (χ4v) is 5.72. The number of likely N-dealkylation sites (tertiary alicyclic amines) is 1. The van der Waals surface area contributed by atoms with E-state index in [0.717, 1.165) is 25.8 Å². The molecule has 1 saturated heterocycles. The van der Waals surface area contributed by atoms with Crippen LogP contribution in [0, 0.1) is 17.7 Å². The van der Waals surface area contributed by atoms with Crippen LogP contribution < -0.4 is 16.0 Å². The average Bonchev–Trinajstić information content (AvgIpc) is 2.87. The maximum atomic E-state index is 15.0. The van der Waals surface area contributed by atoms with E-state index in [1.807, 2.05) is 7.05 Å². The second-order valence-corrected chi connectivity index (χ2v) is 10.4. The minimum absolute atomic E-state index is 0.00721. The van der Waals surface area contributed by atoms with Crippen molar-refractivity contribution >= 4 is 23.7 Å². The molecule has 0 radical (unpaired) electrons. The summed E-state index contributed by atoms with van der Waals surface area (Å²) in [5.74, 6) is -0.0450. The highest BCUT2D eigenvalue weighted by Crippen LogP contribution is 2.36. The zero-order valence-corrected chi connectivity index (χ0v) is 21.9. The van der Waals surface area contributed by atoms with Gasteiger partial charge >= 0.3 is 12.1 Å². The molecule has 0 spiro atoms. The summed E-state index contributed by atoms with van der Waals surface area (Å²) in [7, 11) is 1.90. The van der Waals surface area contributed by atoms with Crippen molar-refractivity contribution in [1.29, 1.82) is 0 Å². The summed E-state index contributed by atoms with van der Waals surface area (Å²) in [5.41, 5.74) is 0.329. The van der Waals surface area contributed by atoms with E-state index in [0.29, 0.717) is 24.6 Å². The number of nitrogens with zero attached hydrogens (tertiary/aromatic N) is 1. The first-order valence-electron chi connectivity index (χ1n) is 13.1. The van der Waals surface area contributed by atoms with Gasteiger partial charge in [-0.25, -0.2) is 14.0 Å². The molecule has 2 fully saturated rings. The molecule has 1 saturated carbocycles. The number of carboxylic acid groups (broad SMARTS) is 1. The number of carbonyl (C=O) groups excluding carboxylic acids is 1. The van der Waals surface area contributed by atoms with Gasteiger partial charge in [-0.3, -0.25) is 0 Å². The third-order valence-electron chi connectivity index (χ3n) is 7.26. The molecule has 1 unspecified atom stereocenters. The van der Waals surface area contributed by atoms with Crippen molar-refractivity contribution < 1.29 is 23.8 Å². The van der Waals surface area contributed by atoms with Crippen LogP contribution in [0.3, 0.4) is 0 Å².